The molecule has 2 aromatic carbocycles. The first kappa shape index (κ1) is 21.6. The number of imide groups is 1. The number of thioether (sulfide) groups is 1. The second-order valence-electron chi connectivity index (χ2n) is 6.95. The van der Waals surface area contributed by atoms with E-state index in [1.807, 2.05) is 19.1 Å². The molecule has 2 aromatic rings. The average Bonchev–Trinajstić information content (AvgIpc) is 3.06. The van der Waals surface area contributed by atoms with Gasteiger partial charge in [0, 0.05) is 17.7 Å². The summed E-state index contributed by atoms with van der Waals surface area (Å²) in [4.78, 5) is 48.9. The monoisotopic (exact) mass is 425 g/mol. The molecule has 1 atom stereocenters. The van der Waals surface area contributed by atoms with Gasteiger partial charge in [-0.1, -0.05) is 43.0 Å². The largest absolute Gasteiger partial charge is 0.346 e. The van der Waals surface area contributed by atoms with E-state index in [-0.39, 0.29) is 41.3 Å². The van der Waals surface area contributed by atoms with E-state index in [4.69, 9.17) is 0 Å². The van der Waals surface area contributed by atoms with Crippen molar-refractivity contribution in [1.82, 2.24) is 10.2 Å². The van der Waals surface area contributed by atoms with Crippen molar-refractivity contribution < 1.29 is 19.2 Å². The third-order valence-electron chi connectivity index (χ3n) is 4.73. The maximum Gasteiger partial charge on any atom is 0.289 e. The topological polar surface area (TPSA) is 95.6 Å². The molecule has 1 heterocycles. The molecule has 7 nitrogen and oxygen atoms in total. The van der Waals surface area contributed by atoms with Crippen LogP contribution in [0.5, 0.6) is 0 Å². The van der Waals surface area contributed by atoms with Gasteiger partial charge in [0.25, 0.3) is 11.1 Å². The molecule has 0 aromatic heterocycles. The molecule has 0 bridgehead atoms. The lowest BCUT2D eigenvalue weighted by atomic mass is 10.1. The van der Waals surface area contributed by atoms with Crippen molar-refractivity contribution in [3.05, 3.63) is 65.2 Å². The summed E-state index contributed by atoms with van der Waals surface area (Å²) in [5, 5.41) is 5.47. The molecule has 1 aliphatic rings. The highest BCUT2D eigenvalue weighted by atomic mass is 32.2. The van der Waals surface area contributed by atoms with Crippen molar-refractivity contribution in [1.29, 1.82) is 0 Å². The van der Waals surface area contributed by atoms with E-state index >= 15 is 0 Å². The van der Waals surface area contributed by atoms with Crippen molar-refractivity contribution in [3.63, 3.8) is 0 Å². The third kappa shape index (κ3) is 5.27. The molecule has 0 aliphatic carbocycles. The fraction of sp³-hybridized carbons (Fsp3) is 0.273. The maximum absolute atomic E-state index is 12.7. The van der Waals surface area contributed by atoms with E-state index in [2.05, 4.69) is 10.6 Å². The van der Waals surface area contributed by atoms with Crippen LogP contribution >= 0.6 is 11.8 Å². The molecule has 3 rings (SSSR count). The Bertz CT molecular complexity index is 959. The molecular weight excluding hydrogens is 402 g/mol. The smallest absolute Gasteiger partial charge is 0.289 e. The number of rotatable bonds is 7. The van der Waals surface area contributed by atoms with Crippen LogP contribution in [0.3, 0.4) is 0 Å². The Morgan fingerprint density at radius 1 is 1.13 bits per heavy atom. The number of nitrogens with zero attached hydrogens (tertiary/aromatic N) is 1. The Balaban J connectivity index is 1.63. The van der Waals surface area contributed by atoms with Crippen LogP contribution in [-0.2, 0) is 16.1 Å². The van der Waals surface area contributed by atoms with Crippen LogP contribution < -0.4 is 10.6 Å². The van der Waals surface area contributed by atoms with Gasteiger partial charge in [0.2, 0.25) is 11.8 Å². The van der Waals surface area contributed by atoms with Gasteiger partial charge in [0.05, 0.1) is 18.3 Å². The summed E-state index contributed by atoms with van der Waals surface area (Å²) in [5.74, 6) is -0.356. The van der Waals surface area contributed by atoms with Crippen LogP contribution in [0, 0.1) is 0 Å². The summed E-state index contributed by atoms with van der Waals surface area (Å²) in [7, 11) is 0. The Morgan fingerprint density at radius 3 is 2.50 bits per heavy atom. The van der Waals surface area contributed by atoms with Crippen LogP contribution in [0.4, 0.5) is 10.5 Å². The second-order valence-corrected chi connectivity index (χ2v) is 7.88. The lowest BCUT2D eigenvalue weighted by Crippen LogP contribution is -2.29. The molecule has 30 heavy (non-hydrogen) atoms. The molecular formula is C22H23N3O4S. The molecule has 0 radical (unpaired) electrons. The fourth-order valence-electron chi connectivity index (χ4n) is 3.00. The predicted molar refractivity (Wildman–Crippen MR) is 116 cm³/mol. The van der Waals surface area contributed by atoms with Crippen LogP contribution in [0.25, 0.3) is 0 Å². The van der Waals surface area contributed by atoms with Crippen LogP contribution in [0.2, 0.25) is 0 Å². The van der Waals surface area contributed by atoms with Gasteiger partial charge < -0.3 is 10.6 Å². The number of carbonyl (C=O) groups excluding carboxylic acids is 4. The Labute approximate surface area is 179 Å². The van der Waals surface area contributed by atoms with E-state index in [1.54, 1.807) is 43.3 Å². The summed E-state index contributed by atoms with van der Waals surface area (Å²) in [5.41, 5.74) is 2.79. The van der Waals surface area contributed by atoms with E-state index in [9.17, 15) is 19.2 Å². The van der Waals surface area contributed by atoms with E-state index < -0.39 is 0 Å². The quantitative estimate of drug-likeness (QED) is 0.705. The number of anilines is 1. The lowest BCUT2D eigenvalue weighted by Gasteiger charge is -2.16. The molecule has 0 saturated carbocycles. The van der Waals surface area contributed by atoms with Crippen LogP contribution in [0.1, 0.15) is 47.8 Å². The zero-order valence-electron chi connectivity index (χ0n) is 16.8. The molecule has 1 fully saturated rings. The minimum Gasteiger partial charge on any atom is -0.346 e. The van der Waals surface area contributed by atoms with Crippen molar-refractivity contribution in [2.45, 2.75) is 32.9 Å². The Hall–Kier alpha value is -3.13. The number of benzene rings is 2. The minimum absolute atomic E-state index is 0.0556. The molecule has 2 N–H and O–H groups in total. The number of carbonyl (C=O) groups is 4. The molecule has 0 spiro atoms. The first-order chi connectivity index (χ1) is 14.4. The average molecular weight is 426 g/mol. The molecule has 4 amide bonds. The number of hydrogen-bond donors (Lipinski definition) is 2. The molecule has 1 saturated heterocycles. The fourth-order valence-corrected chi connectivity index (χ4v) is 3.72. The third-order valence-corrected chi connectivity index (χ3v) is 5.59. The number of hydrogen-bond acceptors (Lipinski definition) is 5. The Morgan fingerprint density at radius 2 is 1.87 bits per heavy atom. The highest BCUT2D eigenvalue weighted by molar-refractivity contribution is 8.14. The normalized spacial score (nSPS) is 14.5. The van der Waals surface area contributed by atoms with E-state index in [0.29, 0.717) is 17.7 Å². The number of amides is 4. The van der Waals surface area contributed by atoms with Gasteiger partial charge in [-0.15, -0.1) is 0 Å². The summed E-state index contributed by atoms with van der Waals surface area (Å²) in [6.45, 7) is 3.82. The van der Waals surface area contributed by atoms with Crippen molar-refractivity contribution in [2.24, 2.45) is 0 Å². The SMILES string of the molecule is CCC(=O)Nc1ccc(C(C)NC(=O)c2cccc(CN3C(=O)CSC3=O)c2)cc1. The first-order valence-electron chi connectivity index (χ1n) is 9.64. The molecule has 156 valence electrons. The standard InChI is InChI=1S/C22H23N3O4S/c1-3-19(26)24-18-9-7-16(8-10-18)14(2)23-21(28)17-6-4-5-15(11-17)12-25-20(27)13-30-22(25)29/h4-11,14H,3,12-13H2,1-2H3,(H,23,28)(H,24,26). The van der Waals surface area contributed by atoms with Gasteiger partial charge in [0.15, 0.2) is 0 Å². The lowest BCUT2D eigenvalue weighted by molar-refractivity contribution is -0.125. The second kappa shape index (κ2) is 9.58. The first-order valence-corrected chi connectivity index (χ1v) is 10.6. The molecule has 1 unspecified atom stereocenters. The van der Waals surface area contributed by atoms with Crippen molar-refractivity contribution in [2.75, 3.05) is 11.1 Å². The van der Waals surface area contributed by atoms with Crippen LogP contribution in [0.15, 0.2) is 48.5 Å². The predicted octanol–water partition coefficient (Wildman–Crippen LogP) is 3.72. The molecule has 8 heteroatoms. The zero-order valence-corrected chi connectivity index (χ0v) is 17.6. The van der Waals surface area contributed by atoms with Gasteiger partial charge in [-0.05, 0) is 42.3 Å². The van der Waals surface area contributed by atoms with Crippen molar-refractivity contribution in [3.8, 4) is 0 Å². The van der Waals surface area contributed by atoms with E-state index in [0.717, 1.165) is 22.9 Å². The van der Waals surface area contributed by atoms with Gasteiger partial charge in [-0.25, -0.2) is 0 Å². The number of nitrogens with one attached hydrogen (secondary N) is 2. The van der Waals surface area contributed by atoms with Gasteiger partial charge in [-0.2, -0.15) is 0 Å². The summed E-state index contributed by atoms with van der Waals surface area (Å²) in [6, 6.07) is 14.0. The summed E-state index contributed by atoms with van der Waals surface area (Å²) in [6.07, 6.45) is 0.409. The highest BCUT2D eigenvalue weighted by Gasteiger charge is 2.29. The zero-order chi connectivity index (χ0) is 21.7. The van der Waals surface area contributed by atoms with Gasteiger partial charge in [-0.3, -0.25) is 24.1 Å². The highest BCUT2D eigenvalue weighted by Crippen LogP contribution is 2.22. The van der Waals surface area contributed by atoms with Crippen molar-refractivity contribution >= 4 is 40.4 Å². The summed E-state index contributed by atoms with van der Waals surface area (Å²) < 4.78 is 0. The van der Waals surface area contributed by atoms with Gasteiger partial charge in [0.1, 0.15) is 0 Å². The van der Waals surface area contributed by atoms with Crippen LogP contribution in [-0.4, -0.2) is 33.6 Å². The maximum atomic E-state index is 12.7. The Kier molecular flexibility index (Phi) is 6.89. The summed E-state index contributed by atoms with van der Waals surface area (Å²) >= 11 is 0.990. The van der Waals surface area contributed by atoms with Gasteiger partial charge >= 0.3 is 0 Å². The van der Waals surface area contributed by atoms with E-state index in [1.165, 1.54) is 4.90 Å². The molecule has 1 aliphatic heterocycles. The minimum atomic E-state index is -0.262.